The summed E-state index contributed by atoms with van der Waals surface area (Å²) in [5.41, 5.74) is 0.939. The van der Waals surface area contributed by atoms with E-state index in [1.807, 2.05) is 42.5 Å². The van der Waals surface area contributed by atoms with E-state index in [1.165, 1.54) is 0 Å². The first-order valence-electron chi connectivity index (χ1n) is 7.91. The Balaban J connectivity index is 1.59. The van der Waals surface area contributed by atoms with Crippen LogP contribution in [0.25, 0.3) is 22.2 Å². The molecule has 0 spiro atoms. The number of aromatic nitrogens is 5. The number of nitrogens with zero attached hydrogens (tertiary/aromatic N) is 4. The zero-order chi connectivity index (χ0) is 17.2. The largest absolute Gasteiger partial charge is 0.325 e. The van der Waals surface area contributed by atoms with Crippen molar-refractivity contribution in [1.82, 2.24) is 24.7 Å². The number of amides is 1. The Morgan fingerprint density at radius 1 is 1.20 bits per heavy atom. The number of hydrogen-bond acceptors (Lipinski definition) is 4. The van der Waals surface area contributed by atoms with Gasteiger partial charge in [0.15, 0.2) is 5.82 Å². The van der Waals surface area contributed by atoms with Crippen LogP contribution in [0, 0.1) is 0 Å². The Morgan fingerprint density at radius 2 is 2.04 bits per heavy atom. The Labute approximate surface area is 143 Å². The van der Waals surface area contributed by atoms with Gasteiger partial charge < -0.3 is 4.57 Å². The van der Waals surface area contributed by atoms with Crippen molar-refractivity contribution in [2.45, 2.75) is 13.0 Å². The lowest BCUT2D eigenvalue weighted by molar-refractivity contribution is -0.118. The molecule has 0 saturated heterocycles. The van der Waals surface area contributed by atoms with Crippen molar-refractivity contribution in [2.24, 2.45) is 0 Å². The maximum atomic E-state index is 12.3. The van der Waals surface area contributed by atoms with Crippen LogP contribution in [0.2, 0.25) is 0 Å². The van der Waals surface area contributed by atoms with E-state index in [0.717, 1.165) is 16.3 Å². The lowest BCUT2D eigenvalue weighted by atomic mass is 10.0. The molecular weight excluding hydrogens is 316 g/mol. The maximum absolute atomic E-state index is 12.3. The van der Waals surface area contributed by atoms with Crippen LogP contribution in [-0.4, -0.2) is 30.6 Å². The van der Waals surface area contributed by atoms with Gasteiger partial charge in [-0.1, -0.05) is 42.5 Å². The van der Waals surface area contributed by atoms with E-state index in [0.29, 0.717) is 5.82 Å². The predicted octanol–water partition coefficient (Wildman–Crippen LogP) is 3.02. The molecule has 0 bridgehead atoms. The number of H-pyrrole nitrogens is 1. The van der Waals surface area contributed by atoms with Gasteiger partial charge in [0.2, 0.25) is 11.9 Å². The smallest absolute Gasteiger partial charge is 0.249 e. The SMILES string of the molecule is C[C@@H](C(=O)Nc1n[nH]c(-c2cccc3ccccc23)n1)n1ccnc1. The third-order valence-electron chi connectivity index (χ3n) is 4.12. The summed E-state index contributed by atoms with van der Waals surface area (Å²) >= 11 is 0. The normalized spacial score (nSPS) is 12.2. The molecule has 4 rings (SSSR count). The van der Waals surface area contributed by atoms with Crippen LogP contribution >= 0.6 is 0 Å². The number of aromatic amines is 1. The van der Waals surface area contributed by atoms with Crippen LogP contribution in [0.4, 0.5) is 5.95 Å². The first kappa shape index (κ1) is 15.1. The molecule has 2 heterocycles. The fraction of sp³-hybridized carbons (Fsp3) is 0.111. The van der Waals surface area contributed by atoms with E-state index in [1.54, 1.807) is 30.2 Å². The number of rotatable bonds is 4. The van der Waals surface area contributed by atoms with Crippen LogP contribution in [-0.2, 0) is 4.79 Å². The van der Waals surface area contributed by atoms with Gasteiger partial charge in [-0.05, 0) is 17.7 Å². The molecule has 7 heteroatoms. The molecule has 0 fully saturated rings. The predicted molar refractivity (Wildman–Crippen MR) is 94.9 cm³/mol. The molecule has 0 radical (unpaired) electrons. The highest BCUT2D eigenvalue weighted by molar-refractivity contribution is 5.96. The van der Waals surface area contributed by atoms with Gasteiger partial charge in [0, 0.05) is 18.0 Å². The fourth-order valence-corrected chi connectivity index (χ4v) is 2.72. The summed E-state index contributed by atoms with van der Waals surface area (Å²) in [6.45, 7) is 1.79. The zero-order valence-electron chi connectivity index (χ0n) is 13.5. The number of fused-ring (bicyclic) bond motifs is 1. The summed E-state index contributed by atoms with van der Waals surface area (Å²) in [6, 6.07) is 13.7. The number of carbonyl (C=O) groups excluding carboxylic acids is 1. The second-order valence-electron chi connectivity index (χ2n) is 5.71. The van der Waals surface area contributed by atoms with Crippen LogP contribution in [0.1, 0.15) is 13.0 Å². The van der Waals surface area contributed by atoms with E-state index in [2.05, 4.69) is 25.5 Å². The molecule has 2 aromatic carbocycles. The van der Waals surface area contributed by atoms with Gasteiger partial charge in [0.1, 0.15) is 6.04 Å². The first-order chi connectivity index (χ1) is 12.2. The molecule has 0 unspecified atom stereocenters. The molecule has 2 N–H and O–H groups in total. The van der Waals surface area contributed by atoms with E-state index in [4.69, 9.17) is 0 Å². The highest BCUT2D eigenvalue weighted by atomic mass is 16.2. The Bertz CT molecular complexity index is 1020. The average Bonchev–Trinajstić information content (AvgIpc) is 3.32. The van der Waals surface area contributed by atoms with Crippen LogP contribution in [0.5, 0.6) is 0 Å². The van der Waals surface area contributed by atoms with Crippen molar-refractivity contribution in [3.8, 4) is 11.4 Å². The second kappa shape index (κ2) is 6.20. The summed E-state index contributed by atoms with van der Waals surface area (Å²) in [5, 5.41) is 11.9. The van der Waals surface area contributed by atoms with E-state index in [9.17, 15) is 4.79 Å². The minimum Gasteiger partial charge on any atom is -0.325 e. The van der Waals surface area contributed by atoms with E-state index in [-0.39, 0.29) is 11.9 Å². The topological polar surface area (TPSA) is 88.5 Å². The Kier molecular flexibility index (Phi) is 3.74. The summed E-state index contributed by atoms with van der Waals surface area (Å²) in [6.07, 6.45) is 4.97. The van der Waals surface area contributed by atoms with Crippen LogP contribution in [0.3, 0.4) is 0 Å². The lowest BCUT2D eigenvalue weighted by Gasteiger charge is -2.11. The quantitative estimate of drug-likeness (QED) is 0.601. The van der Waals surface area contributed by atoms with Crippen molar-refractivity contribution in [3.05, 3.63) is 61.2 Å². The molecule has 25 heavy (non-hydrogen) atoms. The summed E-state index contributed by atoms with van der Waals surface area (Å²) in [7, 11) is 0. The molecule has 1 amide bonds. The molecular formula is C18H16N6O. The molecule has 0 saturated carbocycles. The highest BCUT2D eigenvalue weighted by Crippen LogP contribution is 2.26. The zero-order valence-corrected chi connectivity index (χ0v) is 13.5. The van der Waals surface area contributed by atoms with Gasteiger partial charge in [0.25, 0.3) is 0 Å². The third-order valence-corrected chi connectivity index (χ3v) is 4.12. The molecule has 0 aliphatic rings. The van der Waals surface area contributed by atoms with E-state index >= 15 is 0 Å². The molecule has 1 atom stereocenters. The molecule has 0 aliphatic heterocycles. The molecule has 2 aromatic heterocycles. The number of benzene rings is 2. The van der Waals surface area contributed by atoms with Gasteiger partial charge >= 0.3 is 0 Å². The fourth-order valence-electron chi connectivity index (χ4n) is 2.72. The van der Waals surface area contributed by atoms with Crippen molar-refractivity contribution in [1.29, 1.82) is 0 Å². The van der Waals surface area contributed by atoms with E-state index < -0.39 is 6.04 Å². The molecule has 0 aliphatic carbocycles. The average molecular weight is 332 g/mol. The van der Waals surface area contributed by atoms with Crippen molar-refractivity contribution in [3.63, 3.8) is 0 Å². The third kappa shape index (κ3) is 2.87. The van der Waals surface area contributed by atoms with Crippen LogP contribution in [0.15, 0.2) is 61.2 Å². The molecule has 7 nitrogen and oxygen atoms in total. The molecule has 124 valence electrons. The summed E-state index contributed by atoms with van der Waals surface area (Å²) < 4.78 is 1.72. The van der Waals surface area contributed by atoms with Gasteiger partial charge in [0.05, 0.1) is 6.33 Å². The lowest BCUT2D eigenvalue weighted by Crippen LogP contribution is -2.23. The number of carbonyl (C=O) groups is 1. The van der Waals surface area contributed by atoms with Gasteiger partial charge in [-0.25, -0.2) is 4.98 Å². The summed E-state index contributed by atoms with van der Waals surface area (Å²) in [4.78, 5) is 20.7. The minimum atomic E-state index is -0.401. The second-order valence-corrected chi connectivity index (χ2v) is 5.71. The number of imidazole rings is 1. The number of nitrogens with one attached hydrogen (secondary N) is 2. The number of hydrogen-bond donors (Lipinski definition) is 2. The van der Waals surface area contributed by atoms with Gasteiger partial charge in [-0.15, -0.1) is 5.10 Å². The Hall–Kier alpha value is -3.48. The van der Waals surface area contributed by atoms with Crippen molar-refractivity contribution < 1.29 is 4.79 Å². The van der Waals surface area contributed by atoms with Gasteiger partial charge in [-0.3, -0.25) is 15.2 Å². The monoisotopic (exact) mass is 332 g/mol. The minimum absolute atomic E-state index is 0.207. The number of anilines is 1. The summed E-state index contributed by atoms with van der Waals surface area (Å²) in [5.74, 6) is 0.656. The molecule has 4 aromatic rings. The highest BCUT2D eigenvalue weighted by Gasteiger charge is 2.17. The standard InChI is InChI=1S/C18H16N6O/c1-12(24-10-9-19-11-24)17(25)21-18-20-16(22-23-18)15-8-4-6-13-5-2-3-7-14(13)15/h2-12H,1H3,(H2,20,21,22,23,25)/t12-/m0/s1. The maximum Gasteiger partial charge on any atom is 0.249 e. The van der Waals surface area contributed by atoms with Crippen molar-refractivity contribution >= 4 is 22.6 Å². The van der Waals surface area contributed by atoms with Crippen LogP contribution < -0.4 is 5.32 Å². The van der Waals surface area contributed by atoms with Crippen molar-refractivity contribution in [2.75, 3.05) is 5.32 Å². The van der Waals surface area contributed by atoms with Gasteiger partial charge in [-0.2, -0.15) is 4.98 Å². The first-order valence-corrected chi connectivity index (χ1v) is 7.91. The Morgan fingerprint density at radius 3 is 2.88 bits per heavy atom.